The maximum atomic E-state index is 6.06. The number of rotatable bonds is 5. The zero-order valence-electron chi connectivity index (χ0n) is 11.7. The standard InChI is InChI=1S/C14H21N5/c1-10(2)19-14(13(15)11(3)18-19)17-9-7-12-6-4-5-8-16-12/h4-6,8,10,17H,7,9,15H2,1-3H3. The number of nitrogen functional groups attached to an aromatic ring is 1. The Morgan fingerprint density at radius 2 is 2.16 bits per heavy atom. The van der Waals surface area contributed by atoms with Crippen molar-refractivity contribution in [2.45, 2.75) is 33.2 Å². The van der Waals surface area contributed by atoms with Crippen LogP contribution >= 0.6 is 0 Å². The summed E-state index contributed by atoms with van der Waals surface area (Å²) in [4.78, 5) is 4.30. The Hall–Kier alpha value is -2.04. The van der Waals surface area contributed by atoms with Crippen LogP contribution in [0.15, 0.2) is 24.4 Å². The van der Waals surface area contributed by atoms with Gasteiger partial charge in [-0.3, -0.25) is 4.98 Å². The first-order chi connectivity index (χ1) is 9.09. The molecule has 5 nitrogen and oxygen atoms in total. The van der Waals surface area contributed by atoms with Gasteiger partial charge in [0, 0.05) is 30.9 Å². The van der Waals surface area contributed by atoms with Crippen LogP contribution in [0.2, 0.25) is 0 Å². The van der Waals surface area contributed by atoms with Crippen LogP contribution in [0.4, 0.5) is 11.5 Å². The summed E-state index contributed by atoms with van der Waals surface area (Å²) in [6.07, 6.45) is 2.68. The molecule has 2 aromatic heterocycles. The summed E-state index contributed by atoms with van der Waals surface area (Å²) in [7, 11) is 0. The minimum absolute atomic E-state index is 0.286. The van der Waals surface area contributed by atoms with Crippen molar-refractivity contribution >= 4 is 11.5 Å². The second-order valence-electron chi connectivity index (χ2n) is 4.88. The second-order valence-corrected chi connectivity index (χ2v) is 4.88. The molecule has 0 radical (unpaired) electrons. The number of aromatic nitrogens is 3. The smallest absolute Gasteiger partial charge is 0.148 e. The number of nitrogens with zero attached hydrogens (tertiary/aromatic N) is 3. The van der Waals surface area contributed by atoms with Crippen LogP contribution in [0.3, 0.4) is 0 Å². The fourth-order valence-electron chi connectivity index (χ4n) is 1.97. The van der Waals surface area contributed by atoms with E-state index in [1.165, 1.54) is 0 Å². The van der Waals surface area contributed by atoms with E-state index in [2.05, 4.69) is 29.2 Å². The predicted molar refractivity (Wildman–Crippen MR) is 78.2 cm³/mol. The molecule has 2 rings (SSSR count). The average Bonchev–Trinajstić information content (AvgIpc) is 2.68. The summed E-state index contributed by atoms with van der Waals surface area (Å²) in [5, 5.41) is 7.82. The maximum Gasteiger partial charge on any atom is 0.148 e. The molecule has 0 fully saturated rings. The molecule has 0 atom stereocenters. The number of nitrogens with one attached hydrogen (secondary N) is 1. The first-order valence-electron chi connectivity index (χ1n) is 6.58. The van der Waals surface area contributed by atoms with Crippen LogP contribution < -0.4 is 11.1 Å². The van der Waals surface area contributed by atoms with E-state index in [1.807, 2.05) is 36.0 Å². The number of hydrogen-bond acceptors (Lipinski definition) is 4. The molecule has 0 aliphatic heterocycles. The van der Waals surface area contributed by atoms with E-state index in [0.717, 1.165) is 35.9 Å². The molecule has 0 aliphatic carbocycles. The normalized spacial score (nSPS) is 10.9. The maximum absolute atomic E-state index is 6.06. The number of anilines is 2. The van der Waals surface area contributed by atoms with Crippen LogP contribution in [0.25, 0.3) is 0 Å². The van der Waals surface area contributed by atoms with Crippen LogP contribution in [-0.2, 0) is 6.42 Å². The summed E-state index contributed by atoms with van der Waals surface area (Å²) in [5.74, 6) is 0.906. The number of aryl methyl sites for hydroxylation is 1. The quantitative estimate of drug-likeness (QED) is 0.865. The molecule has 2 heterocycles. The minimum atomic E-state index is 0.286. The molecule has 0 saturated carbocycles. The van der Waals surface area contributed by atoms with Crippen LogP contribution in [-0.4, -0.2) is 21.3 Å². The van der Waals surface area contributed by atoms with Gasteiger partial charge < -0.3 is 11.1 Å². The van der Waals surface area contributed by atoms with Gasteiger partial charge in [0.15, 0.2) is 0 Å². The highest BCUT2D eigenvalue weighted by Gasteiger charge is 2.13. The molecular weight excluding hydrogens is 238 g/mol. The van der Waals surface area contributed by atoms with Gasteiger partial charge in [-0.2, -0.15) is 5.10 Å². The Labute approximate surface area is 113 Å². The van der Waals surface area contributed by atoms with Gasteiger partial charge in [-0.05, 0) is 32.9 Å². The van der Waals surface area contributed by atoms with Crippen LogP contribution in [0.1, 0.15) is 31.3 Å². The highest BCUT2D eigenvalue weighted by Crippen LogP contribution is 2.25. The van der Waals surface area contributed by atoms with Gasteiger partial charge in [0.1, 0.15) is 5.82 Å². The largest absolute Gasteiger partial charge is 0.394 e. The van der Waals surface area contributed by atoms with Crippen molar-refractivity contribution < 1.29 is 0 Å². The lowest BCUT2D eigenvalue weighted by atomic mass is 10.2. The van der Waals surface area contributed by atoms with Gasteiger partial charge in [-0.1, -0.05) is 6.07 Å². The molecule has 2 aromatic rings. The van der Waals surface area contributed by atoms with Crippen molar-refractivity contribution in [1.82, 2.24) is 14.8 Å². The summed E-state index contributed by atoms with van der Waals surface area (Å²) in [6, 6.07) is 6.23. The molecule has 102 valence electrons. The lowest BCUT2D eigenvalue weighted by Crippen LogP contribution is -2.13. The van der Waals surface area contributed by atoms with E-state index >= 15 is 0 Å². The Morgan fingerprint density at radius 3 is 2.79 bits per heavy atom. The fourth-order valence-corrected chi connectivity index (χ4v) is 1.97. The van der Waals surface area contributed by atoms with Gasteiger partial charge in [-0.15, -0.1) is 0 Å². The van der Waals surface area contributed by atoms with Gasteiger partial charge in [0.25, 0.3) is 0 Å². The van der Waals surface area contributed by atoms with Crippen LogP contribution in [0, 0.1) is 6.92 Å². The fraction of sp³-hybridized carbons (Fsp3) is 0.429. The summed E-state index contributed by atoms with van der Waals surface area (Å²) in [6.45, 7) is 6.91. The minimum Gasteiger partial charge on any atom is -0.394 e. The molecule has 0 aliphatic rings. The third kappa shape index (κ3) is 3.05. The Morgan fingerprint density at radius 1 is 1.37 bits per heavy atom. The van der Waals surface area contributed by atoms with E-state index in [9.17, 15) is 0 Å². The molecule has 0 bridgehead atoms. The molecule has 0 saturated heterocycles. The number of nitrogens with two attached hydrogens (primary N) is 1. The second kappa shape index (κ2) is 5.73. The van der Waals surface area contributed by atoms with Crippen molar-refractivity contribution in [2.75, 3.05) is 17.6 Å². The Bertz CT molecular complexity index is 530. The van der Waals surface area contributed by atoms with Crippen molar-refractivity contribution in [1.29, 1.82) is 0 Å². The van der Waals surface area contributed by atoms with Gasteiger partial charge in [0.2, 0.25) is 0 Å². The van der Waals surface area contributed by atoms with Crippen molar-refractivity contribution in [3.05, 3.63) is 35.8 Å². The third-order valence-electron chi connectivity index (χ3n) is 3.02. The lowest BCUT2D eigenvalue weighted by Gasteiger charge is -2.13. The Kier molecular flexibility index (Phi) is 4.04. The summed E-state index contributed by atoms with van der Waals surface area (Å²) >= 11 is 0. The van der Waals surface area contributed by atoms with E-state index in [-0.39, 0.29) is 6.04 Å². The van der Waals surface area contributed by atoms with E-state index in [1.54, 1.807) is 0 Å². The summed E-state index contributed by atoms with van der Waals surface area (Å²) in [5.41, 5.74) is 8.73. The summed E-state index contributed by atoms with van der Waals surface area (Å²) < 4.78 is 1.93. The third-order valence-corrected chi connectivity index (χ3v) is 3.02. The first kappa shape index (κ1) is 13.4. The van der Waals surface area contributed by atoms with Gasteiger partial charge in [0.05, 0.1) is 11.4 Å². The SMILES string of the molecule is Cc1nn(C(C)C)c(NCCc2ccccn2)c1N. The first-order valence-corrected chi connectivity index (χ1v) is 6.58. The highest BCUT2D eigenvalue weighted by atomic mass is 15.4. The molecular formula is C14H21N5. The molecule has 0 unspecified atom stereocenters. The average molecular weight is 259 g/mol. The zero-order valence-corrected chi connectivity index (χ0v) is 11.7. The van der Waals surface area contributed by atoms with E-state index in [4.69, 9.17) is 5.73 Å². The van der Waals surface area contributed by atoms with Crippen molar-refractivity contribution in [3.8, 4) is 0 Å². The van der Waals surface area contributed by atoms with Crippen molar-refractivity contribution in [2.24, 2.45) is 0 Å². The zero-order chi connectivity index (χ0) is 13.8. The molecule has 0 amide bonds. The number of pyridine rings is 1. The van der Waals surface area contributed by atoms with E-state index < -0.39 is 0 Å². The van der Waals surface area contributed by atoms with Gasteiger partial charge in [-0.25, -0.2) is 4.68 Å². The Balaban J connectivity index is 2.03. The van der Waals surface area contributed by atoms with E-state index in [0.29, 0.717) is 0 Å². The molecule has 19 heavy (non-hydrogen) atoms. The molecule has 0 aromatic carbocycles. The highest BCUT2D eigenvalue weighted by molar-refractivity contribution is 5.64. The topological polar surface area (TPSA) is 68.8 Å². The monoisotopic (exact) mass is 259 g/mol. The molecule has 3 N–H and O–H groups in total. The number of hydrogen-bond donors (Lipinski definition) is 2. The van der Waals surface area contributed by atoms with Crippen molar-refractivity contribution in [3.63, 3.8) is 0 Å². The predicted octanol–water partition coefficient (Wildman–Crippen LogP) is 2.40. The molecule has 5 heteroatoms. The molecule has 0 spiro atoms. The van der Waals surface area contributed by atoms with Crippen LogP contribution in [0.5, 0.6) is 0 Å². The van der Waals surface area contributed by atoms with Gasteiger partial charge >= 0.3 is 0 Å². The lowest BCUT2D eigenvalue weighted by molar-refractivity contribution is 0.534.